The van der Waals surface area contributed by atoms with E-state index in [1.807, 2.05) is 20.0 Å². The first-order valence-electron chi connectivity index (χ1n) is 5.85. The fourth-order valence-electron chi connectivity index (χ4n) is 1.85. The normalized spacial score (nSPS) is 17.3. The molecule has 0 atom stereocenters. The van der Waals surface area contributed by atoms with Crippen LogP contribution in [0.1, 0.15) is 39.2 Å². The molecule has 1 amide bonds. The lowest BCUT2D eigenvalue weighted by molar-refractivity contribution is -0.126. The summed E-state index contributed by atoms with van der Waals surface area (Å²) in [5.74, 6) is 0.297. The number of nitrogens with one attached hydrogen (secondary N) is 1. The predicted octanol–water partition coefficient (Wildman–Crippen LogP) is 2.10. The van der Waals surface area contributed by atoms with E-state index in [9.17, 15) is 4.79 Å². The SMILES string of the molecule is CC(C)n1ccc(NC(=O)C2(C#N)CCC2)n1. The van der Waals surface area contributed by atoms with E-state index in [4.69, 9.17) is 5.26 Å². The summed E-state index contributed by atoms with van der Waals surface area (Å²) < 4.78 is 1.77. The highest BCUT2D eigenvalue weighted by Crippen LogP contribution is 2.41. The van der Waals surface area contributed by atoms with Crippen molar-refractivity contribution in [1.29, 1.82) is 5.26 Å². The van der Waals surface area contributed by atoms with Gasteiger partial charge >= 0.3 is 0 Å². The van der Waals surface area contributed by atoms with Crippen molar-refractivity contribution in [3.8, 4) is 6.07 Å². The summed E-state index contributed by atoms with van der Waals surface area (Å²) >= 11 is 0. The van der Waals surface area contributed by atoms with Gasteiger partial charge in [0.2, 0.25) is 5.91 Å². The van der Waals surface area contributed by atoms with Gasteiger partial charge in [-0.25, -0.2) is 0 Å². The minimum Gasteiger partial charge on any atom is -0.308 e. The van der Waals surface area contributed by atoms with Gasteiger partial charge in [0.1, 0.15) is 5.41 Å². The first-order chi connectivity index (χ1) is 8.07. The topological polar surface area (TPSA) is 70.7 Å². The molecule has 0 aromatic carbocycles. The largest absolute Gasteiger partial charge is 0.308 e. The highest BCUT2D eigenvalue weighted by molar-refractivity contribution is 5.97. The zero-order valence-electron chi connectivity index (χ0n) is 10.1. The quantitative estimate of drug-likeness (QED) is 0.867. The lowest BCUT2D eigenvalue weighted by Gasteiger charge is -2.32. The van der Waals surface area contributed by atoms with E-state index in [1.54, 1.807) is 10.7 Å². The number of nitrogens with zero attached hydrogens (tertiary/aromatic N) is 3. The smallest absolute Gasteiger partial charge is 0.246 e. The molecule has 0 spiro atoms. The number of aromatic nitrogens is 2. The van der Waals surface area contributed by atoms with Crippen molar-refractivity contribution in [1.82, 2.24) is 9.78 Å². The molecule has 17 heavy (non-hydrogen) atoms. The van der Waals surface area contributed by atoms with Gasteiger partial charge in [-0.15, -0.1) is 0 Å². The average Bonchev–Trinajstić information content (AvgIpc) is 2.65. The molecule has 1 aromatic heterocycles. The Hall–Kier alpha value is -1.83. The summed E-state index contributed by atoms with van der Waals surface area (Å²) in [6.07, 6.45) is 4.07. The van der Waals surface area contributed by atoms with Gasteiger partial charge in [0.15, 0.2) is 5.82 Å². The van der Waals surface area contributed by atoms with Gasteiger partial charge < -0.3 is 5.32 Å². The van der Waals surface area contributed by atoms with Crippen molar-refractivity contribution >= 4 is 11.7 Å². The van der Waals surface area contributed by atoms with Crippen molar-refractivity contribution in [2.45, 2.75) is 39.2 Å². The van der Waals surface area contributed by atoms with E-state index < -0.39 is 5.41 Å². The zero-order valence-corrected chi connectivity index (χ0v) is 10.1. The fourth-order valence-corrected chi connectivity index (χ4v) is 1.85. The number of hydrogen-bond donors (Lipinski definition) is 1. The molecular formula is C12H16N4O. The molecule has 1 aliphatic carbocycles. The van der Waals surface area contributed by atoms with Crippen molar-refractivity contribution in [3.63, 3.8) is 0 Å². The van der Waals surface area contributed by atoms with Crippen LogP contribution in [0, 0.1) is 16.7 Å². The van der Waals surface area contributed by atoms with E-state index in [0.29, 0.717) is 18.7 Å². The molecule has 2 rings (SSSR count). The number of carbonyl (C=O) groups is 1. The van der Waals surface area contributed by atoms with Crippen LogP contribution in [-0.4, -0.2) is 15.7 Å². The third kappa shape index (κ3) is 2.03. The summed E-state index contributed by atoms with van der Waals surface area (Å²) in [5, 5.41) is 16.0. The molecular weight excluding hydrogens is 216 g/mol. The minimum atomic E-state index is -0.818. The van der Waals surface area contributed by atoms with Gasteiger partial charge in [0.25, 0.3) is 0 Å². The van der Waals surface area contributed by atoms with Crippen LogP contribution in [-0.2, 0) is 4.79 Å². The zero-order chi connectivity index (χ0) is 12.5. The van der Waals surface area contributed by atoms with Crippen LogP contribution in [0.5, 0.6) is 0 Å². The number of amides is 1. The van der Waals surface area contributed by atoms with Crippen molar-refractivity contribution in [2.24, 2.45) is 5.41 Å². The summed E-state index contributed by atoms with van der Waals surface area (Å²) in [5.41, 5.74) is -0.818. The number of carbonyl (C=O) groups excluding carboxylic acids is 1. The van der Waals surface area contributed by atoms with Crippen molar-refractivity contribution in [2.75, 3.05) is 5.32 Å². The molecule has 1 fully saturated rings. The van der Waals surface area contributed by atoms with Crippen LogP contribution in [0.4, 0.5) is 5.82 Å². The van der Waals surface area contributed by atoms with Crippen LogP contribution in [0.2, 0.25) is 0 Å². The Morgan fingerprint density at radius 1 is 1.65 bits per heavy atom. The first-order valence-corrected chi connectivity index (χ1v) is 5.85. The first kappa shape index (κ1) is 11.6. The second-order valence-corrected chi connectivity index (χ2v) is 4.78. The van der Waals surface area contributed by atoms with Gasteiger partial charge in [0.05, 0.1) is 6.07 Å². The maximum absolute atomic E-state index is 11.9. The molecule has 0 saturated heterocycles. The number of hydrogen-bond acceptors (Lipinski definition) is 3. The number of rotatable bonds is 3. The Morgan fingerprint density at radius 2 is 2.35 bits per heavy atom. The average molecular weight is 232 g/mol. The van der Waals surface area contributed by atoms with Gasteiger partial charge in [-0.05, 0) is 33.1 Å². The molecule has 5 heteroatoms. The van der Waals surface area contributed by atoms with Gasteiger partial charge in [-0.1, -0.05) is 0 Å². The minimum absolute atomic E-state index is 0.222. The van der Waals surface area contributed by atoms with Crippen molar-refractivity contribution < 1.29 is 4.79 Å². The Morgan fingerprint density at radius 3 is 2.76 bits per heavy atom. The van der Waals surface area contributed by atoms with E-state index in [-0.39, 0.29) is 11.9 Å². The summed E-state index contributed by atoms with van der Waals surface area (Å²) in [7, 11) is 0. The number of anilines is 1. The molecule has 1 heterocycles. The van der Waals surface area contributed by atoms with Crippen molar-refractivity contribution in [3.05, 3.63) is 12.3 Å². The molecule has 0 radical (unpaired) electrons. The lowest BCUT2D eigenvalue weighted by atomic mass is 9.69. The highest BCUT2D eigenvalue weighted by atomic mass is 16.2. The summed E-state index contributed by atoms with van der Waals surface area (Å²) in [4.78, 5) is 11.9. The molecule has 1 saturated carbocycles. The van der Waals surface area contributed by atoms with Crippen LogP contribution >= 0.6 is 0 Å². The Bertz CT molecular complexity index is 465. The van der Waals surface area contributed by atoms with Crippen LogP contribution in [0.15, 0.2) is 12.3 Å². The summed E-state index contributed by atoms with van der Waals surface area (Å²) in [6, 6.07) is 4.13. The molecule has 0 unspecified atom stereocenters. The van der Waals surface area contributed by atoms with E-state index in [0.717, 1.165) is 6.42 Å². The fraction of sp³-hybridized carbons (Fsp3) is 0.583. The van der Waals surface area contributed by atoms with Crippen LogP contribution < -0.4 is 5.32 Å². The Labute approximate surface area is 100 Å². The molecule has 0 aliphatic heterocycles. The standard InChI is InChI=1S/C12H16N4O/c1-9(2)16-7-4-10(15-16)14-11(17)12(8-13)5-3-6-12/h4,7,9H,3,5-6H2,1-2H3,(H,14,15,17). The molecule has 90 valence electrons. The number of nitriles is 1. The second kappa shape index (κ2) is 4.21. The Kier molecular flexibility index (Phi) is 2.88. The maximum atomic E-state index is 11.9. The lowest BCUT2D eigenvalue weighted by Crippen LogP contribution is -2.40. The van der Waals surface area contributed by atoms with E-state index in [1.165, 1.54) is 0 Å². The van der Waals surface area contributed by atoms with Crippen LogP contribution in [0.25, 0.3) is 0 Å². The molecule has 0 bridgehead atoms. The molecule has 1 N–H and O–H groups in total. The van der Waals surface area contributed by atoms with Gasteiger partial charge in [0, 0.05) is 18.3 Å². The summed E-state index contributed by atoms with van der Waals surface area (Å²) in [6.45, 7) is 4.03. The van der Waals surface area contributed by atoms with Gasteiger partial charge in [-0.2, -0.15) is 10.4 Å². The monoisotopic (exact) mass is 232 g/mol. The third-order valence-electron chi connectivity index (χ3n) is 3.23. The van der Waals surface area contributed by atoms with E-state index in [2.05, 4.69) is 16.5 Å². The maximum Gasteiger partial charge on any atom is 0.246 e. The van der Waals surface area contributed by atoms with Crippen LogP contribution in [0.3, 0.4) is 0 Å². The molecule has 1 aromatic rings. The Balaban J connectivity index is 2.06. The molecule has 1 aliphatic rings. The third-order valence-corrected chi connectivity index (χ3v) is 3.23. The van der Waals surface area contributed by atoms with E-state index >= 15 is 0 Å². The predicted molar refractivity (Wildman–Crippen MR) is 63.1 cm³/mol. The molecule has 5 nitrogen and oxygen atoms in total. The van der Waals surface area contributed by atoms with Gasteiger partial charge in [-0.3, -0.25) is 9.48 Å². The highest BCUT2D eigenvalue weighted by Gasteiger charge is 2.44. The second-order valence-electron chi connectivity index (χ2n) is 4.78.